The minimum absolute atomic E-state index is 0.0546. The van der Waals surface area contributed by atoms with Gasteiger partial charge in [0.1, 0.15) is 0 Å². The Morgan fingerprint density at radius 1 is 1.80 bits per heavy atom. The van der Waals surface area contributed by atoms with Gasteiger partial charge in [-0.15, -0.1) is 11.3 Å². The normalized spacial score (nSPS) is 26.0. The van der Waals surface area contributed by atoms with Crippen molar-refractivity contribution < 1.29 is 4.79 Å². The number of nitrogens with one attached hydrogen (secondary N) is 1. The predicted octanol–water partition coefficient (Wildman–Crippen LogP) is 1.66. The molecule has 4 heteroatoms. The molecule has 1 aliphatic carbocycles. The SMILES string of the molecule is CCC(NC(=O)C1CC1N)c1cccs1. The second kappa shape index (κ2) is 4.33. The monoisotopic (exact) mass is 224 g/mol. The van der Waals surface area contributed by atoms with Crippen LogP contribution in [0.1, 0.15) is 30.7 Å². The van der Waals surface area contributed by atoms with Gasteiger partial charge in [0.15, 0.2) is 0 Å². The maximum atomic E-state index is 11.7. The maximum Gasteiger partial charge on any atom is 0.225 e. The van der Waals surface area contributed by atoms with Crippen LogP contribution in [0.2, 0.25) is 0 Å². The number of thiophene rings is 1. The summed E-state index contributed by atoms with van der Waals surface area (Å²) in [5.41, 5.74) is 5.65. The zero-order valence-electron chi connectivity index (χ0n) is 8.77. The highest BCUT2D eigenvalue weighted by molar-refractivity contribution is 7.10. The van der Waals surface area contributed by atoms with Gasteiger partial charge < -0.3 is 11.1 Å². The van der Waals surface area contributed by atoms with Crippen LogP contribution in [-0.4, -0.2) is 11.9 Å². The van der Waals surface area contributed by atoms with E-state index in [2.05, 4.69) is 18.3 Å². The molecule has 3 atom stereocenters. The number of hydrogen-bond donors (Lipinski definition) is 2. The van der Waals surface area contributed by atoms with Gasteiger partial charge in [-0.1, -0.05) is 13.0 Å². The lowest BCUT2D eigenvalue weighted by molar-refractivity contribution is -0.123. The Balaban J connectivity index is 1.94. The molecule has 1 aromatic rings. The van der Waals surface area contributed by atoms with Gasteiger partial charge in [0.2, 0.25) is 5.91 Å². The van der Waals surface area contributed by atoms with Crippen molar-refractivity contribution in [2.45, 2.75) is 31.8 Å². The third-order valence-electron chi connectivity index (χ3n) is 2.79. The van der Waals surface area contributed by atoms with Gasteiger partial charge in [0.25, 0.3) is 0 Å². The topological polar surface area (TPSA) is 55.1 Å². The number of rotatable bonds is 4. The molecule has 1 fully saturated rings. The Labute approximate surface area is 93.7 Å². The van der Waals surface area contributed by atoms with E-state index in [-0.39, 0.29) is 23.9 Å². The molecule has 82 valence electrons. The quantitative estimate of drug-likeness (QED) is 0.817. The van der Waals surface area contributed by atoms with Crippen molar-refractivity contribution >= 4 is 17.2 Å². The van der Waals surface area contributed by atoms with E-state index in [1.165, 1.54) is 4.88 Å². The molecule has 0 saturated heterocycles. The van der Waals surface area contributed by atoms with Crippen LogP contribution >= 0.6 is 11.3 Å². The molecule has 2 rings (SSSR count). The number of amides is 1. The van der Waals surface area contributed by atoms with Gasteiger partial charge >= 0.3 is 0 Å². The first-order valence-electron chi connectivity index (χ1n) is 5.31. The van der Waals surface area contributed by atoms with Crippen LogP contribution in [0.15, 0.2) is 17.5 Å². The van der Waals surface area contributed by atoms with Gasteiger partial charge in [-0.25, -0.2) is 0 Å². The Hall–Kier alpha value is -0.870. The lowest BCUT2D eigenvalue weighted by atomic mass is 10.2. The summed E-state index contributed by atoms with van der Waals surface area (Å²) >= 11 is 1.68. The molecule has 0 aromatic carbocycles. The fourth-order valence-corrected chi connectivity index (χ4v) is 2.52. The van der Waals surface area contributed by atoms with E-state index in [4.69, 9.17) is 5.73 Å². The van der Waals surface area contributed by atoms with Crippen molar-refractivity contribution in [2.75, 3.05) is 0 Å². The van der Waals surface area contributed by atoms with Crippen molar-refractivity contribution in [3.63, 3.8) is 0 Å². The Morgan fingerprint density at radius 2 is 2.53 bits per heavy atom. The molecule has 3 nitrogen and oxygen atoms in total. The molecule has 0 bridgehead atoms. The minimum Gasteiger partial charge on any atom is -0.348 e. The first-order valence-corrected chi connectivity index (χ1v) is 6.19. The molecule has 0 aliphatic heterocycles. The summed E-state index contributed by atoms with van der Waals surface area (Å²) in [5.74, 6) is 0.168. The summed E-state index contributed by atoms with van der Waals surface area (Å²) in [4.78, 5) is 12.9. The highest BCUT2D eigenvalue weighted by Gasteiger charge is 2.40. The summed E-state index contributed by atoms with van der Waals surface area (Å²) in [7, 11) is 0. The van der Waals surface area contributed by atoms with Crippen molar-refractivity contribution in [1.82, 2.24) is 5.32 Å². The first kappa shape index (κ1) is 10.6. The fraction of sp³-hybridized carbons (Fsp3) is 0.545. The predicted molar refractivity (Wildman–Crippen MR) is 61.6 cm³/mol. The molecule has 1 amide bonds. The molecule has 1 heterocycles. The second-order valence-electron chi connectivity index (χ2n) is 3.99. The van der Waals surface area contributed by atoms with Crippen molar-refractivity contribution in [1.29, 1.82) is 0 Å². The van der Waals surface area contributed by atoms with E-state index < -0.39 is 0 Å². The molecule has 1 saturated carbocycles. The molecule has 15 heavy (non-hydrogen) atoms. The van der Waals surface area contributed by atoms with Crippen LogP contribution < -0.4 is 11.1 Å². The number of hydrogen-bond acceptors (Lipinski definition) is 3. The van der Waals surface area contributed by atoms with Gasteiger partial charge in [-0.2, -0.15) is 0 Å². The number of carbonyl (C=O) groups excluding carboxylic acids is 1. The Morgan fingerprint density at radius 3 is 3.00 bits per heavy atom. The second-order valence-corrected chi connectivity index (χ2v) is 4.97. The third-order valence-corrected chi connectivity index (χ3v) is 3.77. The van der Waals surface area contributed by atoms with E-state index in [1.807, 2.05) is 11.4 Å². The highest BCUT2D eigenvalue weighted by atomic mass is 32.1. The van der Waals surface area contributed by atoms with E-state index in [0.717, 1.165) is 12.8 Å². The Kier molecular flexibility index (Phi) is 3.07. The lowest BCUT2D eigenvalue weighted by Crippen LogP contribution is -2.30. The van der Waals surface area contributed by atoms with Crippen LogP contribution in [0.25, 0.3) is 0 Å². The number of carbonyl (C=O) groups is 1. The van der Waals surface area contributed by atoms with Crippen LogP contribution in [0, 0.1) is 5.92 Å². The van der Waals surface area contributed by atoms with Crippen molar-refractivity contribution in [3.8, 4) is 0 Å². The molecular formula is C11H16N2OS. The van der Waals surface area contributed by atoms with Gasteiger partial charge in [0.05, 0.1) is 12.0 Å². The van der Waals surface area contributed by atoms with E-state index >= 15 is 0 Å². The summed E-state index contributed by atoms with van der Waals surface area (Å²) in [6, 6.07) is 4.32. The van der Waals surface area contributed by atoms with Gasteiger partial charge in [0, 0.05) is 10.9 Å². The summed E-state index contributed by atoms with van der Waals surface area (Å²) in [5, 5.41) is 5.09. The fourth-order valence-electron chi connectivity index (χ4n) is 1.66. The molecule has 0 spiro atoms. The average molecular weight is 224 g/mol. The van der Waals surface area contributed by atoms with E-state index in [9.17, 15) is 4.79 Å². The van der Waals surface area contributed by atoms with Gasteiger partial charge in [-0.05, 0) is 24.3 Å². The molecule has 1 aromatic heterocycles. The minimum atomic E-state index is 0.0546. The van der Waals surface area contributed by atoms with Crippen LogP contribution in [-0.2, 0) is 4.79 Å². The lowest BCUT2D eigenvalue weighted by Gasteiger charge is -2.15. The molecule has 1 aliphatic rings. The van der Waals surface area contributed by atoms with Gasteiger partial charge in [-0.3, -0.25) is 4.79 Å². The molecule has 3 N–H and O–H groups in total. The van der Waals surface area contributed by atoms with Crippen molar-refractivity contribution in [2.24, 2.45) is 11.7 Å². The molecular weight excluding hydrogens is 208 g/mol. The van der Waals surface area contributed by atoms with Crippen LogP contribution in [0.3, 0.4) is 0 Å². The van der Waals surface area contributed by atoms with Crippen LogP contribution in [0.4, 0.5) is 0 Å². The van der Waals surface area contributed by atoms with E-state index in [0.29, 0.717) is 0 Å². The Bertz CT molecular complexity index is 336. The standard InChI is InChI=1S/C11H16N2OS/c1-2-9(10-4-3-5-15-10)13-11(14)7-6-8(7)12/h3-5,7-9H,2,6,12H2,1H3,(H,13,14). The third kappa shape index (κ3) is 2.38. The molecule has 3 unspecified atom stereocenters. The zero-order valence-corrected chi connectivity index (χ0v) is 9.59. The largest absolute Gasteiger partial charge is 0.348 e. The van der Waals surface area contributed by atoms with Crippen molar-refractivity contribution in [3.05, 3.63) is 22.4 Å². The summed E-state index contributed by atoms with van der Waals surface area (Å²) in [6.45, 7) is 2.08. The smallest absolute Gasteiger partial charge is 0.225 e. The first-order chi connectivity index (χ1) is 7.22. The summed E-state index contributed by atoms with van der Waals surface area (Å²) in [6.07, 6.45) is 1.76. The van der Waals surface area contributed by atoms with Crippen LogP contribution in [0.5, 0.6) is 0 Å². The number of nitrogens with two attached hydrogens (primary N) is 1. The average Bonchev–Trinajstić information content (AvgIpc) is 2.77. The zero-order chi connectivity index (χ0) is 10.8. The summed E-state index contributed by atoms with van der Waals surface area (Å²) < 4.78 is 0. The highest BCUT2D eigenvalue weighted by Crippen LogP contribution is 2.30. The maximum absolute atomic E-state index is 11.7. The van der Waals surface area contributed by atoms with E-state index in [1.54, 1.807) is 11.3 Å². The molecule has 0 radical (unpaired) electrons.